The van der Waals surface area contributed by atoms with Crippen molar-refractivity contribution in [2.45, 2.75) is 13.3 Å². The van der Waals surface area contributed by atoms with Gasteiger partial charge in [-0.1, -0.05) is 23.7 Å². The van der Waals surface area contributed by atoms with Crippen LogP contribution in [0.4, 0.5) is 5.69 Å². The molecule has 2 aromatic rings. The highest BCUT2D eigenvalue weighted by atomic mass is 35.5. The van der Waals surface area contributed by atoms with E-state index in [9.17, 15) is 19.5 Å². The average molecular weight is 402 g/mol. The molecule has 0 saturated carbocycles. The first kappa shape index (κ1) is 19.8. The molecule has 0 bridgehead atoms. The number of aliphatic carboxylic acids is 1. The lowest BCUT2D eigenvalue weighted by molar-refractivity contribution is -0.144. The van der Waals surface area contributed by atoms with Crippen LogP contribution in [0.3, 0.4) is 0 Å². The van der Waals surface area contributed by atoms with E-state index in [-0.39, 0.29) is 41.9 Å². The second-order valence-electron chi connectivity index (χ2n) is 6.84. The van der Waals surface area contributed by atoms with Gasteiger partial charge in [-0.2, -0.15) is 0 Å². The molecule has 146 valence electrons. The van der Waals surface area contributed by atoms with Crippen molar-refractivity contribution >= 4 is 35.1 Å². The van der Waals surface area contributed by atoms with E-state index in [4.69, 9.17) is 11.6 Å². The summed E-state index contributed by atoms with van der Waals surface area (Å²) in [6.45, 7) is 2.00. The van der Waals surface area contributed by atoms with E-state index in [1.54, 1.807) is 36.4 Å². The van der Waals surface area contributed by atoms with Crippen molar-refractivity contribution in [1.82, 2.24) is 9.88 Å². The number of benzene rings is 1. The zero-order valence-corrected chi connectivity index (χ0v) is 16.0. The summed E-state index contributed by atoms with van der Waals surface area (Å²) in [6, 6.07) is 10.1. The van der Waals surface area contributed by atoms with Gasteiger partial charge in [0.25, 0.3) is 5.91 Å². The number of amides is 2. The molecular weight excluding hydrogens is 382 g/mol. The van der Waals surface area contributed by atoms with Gasteiger partial charge in [-0.25, -0.2) is 0 Å². The lowest BCUT2D eigenvalue weighted by Crippen LogP contribution is -2.49. The Morgan fingerprint density at radius 3 is 2.50 bits per heavy atom. The molecule has 0 unspecified atom stereocenters. The number of halogens is 1. The topological polar surface area (TPSA) is 99.6 Å². The zero-order valence-electron chi connectivity index (χ0n) is 15.3. The van der Waals surface area contributed by atoms with Gasteiger partial charge in [0.1, 0.15) is 0 Å². The van der Waals surface area contributed by atoms with Gasteiger partial charge < -0.3 is 15.3 Å². The van der Waals surface area contributed by atoms with Crippen LogP contribution < -0.4 is 5.32 Å². The minimum Gasteiger partial charge on any atom is -0.481 e. The molecule has 1 aromatic heterocycles. The van der Waals surface area contributed by atoms with E-state index in [1.807, 2.05) is 6.92 Å². The van der Waals surface area contributed by atoms with Gasteiger partial charge in [-0.3, -0.25) is 19.4 Å². The summed E-state index contributed by atoms with van der Waals surface area (Å²) in [5.74, 6) is -3.24. The number of hydrogen-bond acceptors (Lipinski definition) is 4. The number of nitrogens with one attached hydrogen (secondary N) is 1. The van der Waals surface area contributed by atoms with Crippen molar-refractivity contribution in [3.8, 4) is 0 Å². The normalized spacial score (nSPS) is 19.1. The van der Waals surface area contributed by atoms with Gasteiger partial charge in [-0.15, -0.1) is 0 Å². The van der Waals surface area contributed by atoms with E-state index in [0.29, 0.717) is 5.69 Å². The minimum atomic E-state index is -1.04. The smallest absolute Gasteiger partial charge is 0.308 e. The standard InChI is InChI=1S/C20H20ClN3O4/c1-12-6-7-15(9-22-12)23-18(25)13-8-14(20(27)28)11-24(10-13)19(26)16-4-2-3-5-17(16)21/h2-7,9,13-14H,8,10-11H2,1H3,(H,23,25)(H,27,28)/t13-,14+/m0/s1. The van der Waals surface area contributed by atoms with Gasteiger partial charge in [0, 0.05) is 18.8 Å². The van der Waals surface area contributed by atoms with E-state index in [2.05, 4.69) is 10.3 Å². The Bertz CT molecular complexity index is 901. The Kier molecular flexibility index (Phi) is 5.94. The second kappa shape index (κ2) is 8.39. The third-order valence-corrected chi connectivity index (χ3v) is 5.07. The molecular formula is C20H20ClN3O4. The van der Waals surface area contributed by atoms with Crippen molar-refractivity contribution in [3.05, 3.63) is 58.9 Å². The molecule has 1 aromatic carbocycles. The van der Waals surface area contributed by atoms with Crippen molar-refractivity contribution in [2.24, 2.45) is 11.8 Å². The average Bonchev–Trinajstić information content (AvgIpc) is 2.69. The molecule has 1 aliphatic heterocycles. The lowest BCUT2D eigenvalue weighted by Gasteiger charge is -2.35. The van der Waals surface area contributed by atoms with Crippen LogP contribution in [0.5, 0.6) is 0 Å². The fourth-order valence-corrected chi connectivity index (χ4v) is 3.44. The van der Waals surface area contributed by atoms with Crippen LogP contribution in [0.25, 0.3) is 0 Å². The zero-order chi connectivity index (χ0) is 20.3. The first-order valence-electron chi connectivity index (χ1n) is 8.85. The Morgan fingerprint density at radius 1 is 1.14 bits per heavy atom. The molecule has 0 radical (unpaired) electrons. The van der Waals surface area contributed by atoms with Gasteiger partial charge >= 0.3 is 5.97 Å². The highest BCUT2D eigenvalue weighted by Crippen LogP contribution is 2.26. The monoisotopic (exact) mass is 401 g/mol. The molecule has 1 fully saturated rings. The Balaban J connectivity index is 1.78. The second-order valence-corrected chi connectivity index (χ2v) is 7.24. The number of carboxylic acid groups (broad SMARTS) is 1. The number of carboxylic acids is 1. The number of carbonyl (C=O) groups is 3. The number of aryl methyl sites for hydroxylation is 1. The van der Waals surface area contributed by atoms with Crippen molar-refractivity contribution in [3.63, 3.8) is 0 Å². The van der Waals surface area contributed by atoms with E-state index < -0.39 is 17.8 Å². The number of rotatable bonds is 4. The fourth-order valence-electron chi connectivity index (χ4n) is 3.22. The predicted molar refractivity (Wildman–Crippen MR) is 104 cm³/mol. The van der Waals surface area contributed by atoms with E-state index >= 15 is 0 Å². The summed E-state index contributed by atoms with van der Waals surface area (Å²) in [7, 11) is 0. The fraction of sp³-hybridized carbons (Fsp3) is 0.300. The number of pyridine rings is 1. The SMILES string of the molecule is Cc1ccc(NC(=O)[C@H]2C[C@@H](C(=O)O)CN(C(=O)c3ccccc3Cl)C2)cn1. The number of piperidine rings is 1. The molecule has 1 saturated heterocycles. The third-order valence-electron chi connectivity index (χ3n) is 4.74. The molecule has 1 aliphatic rings. The lowest BCUT2D eigenvalue weighted by atomic mass is 9.88. The molecule has 8 heteroatoms. The summed E-state index contributed by atoms with van der Waals surface area (Å²) in [4.78, 5) is 42.7. The maximum absolute atomic E-state index is 12.9. The molecule has 0 spiro atoms. The third kappa shape index (κ3) is 4.48. The van der Waals surface area contributed by atoms with Crippen LogP contribution in [-0.2, 0) is 9.59 Å². The van der Waals surface area contributed by atoms with Gasteiger partial charge in [0.2, 0.25) is 5.91 Å². The predicted octanol–water partition coefficient (Wildman–Crippen LogP) is 2.85. The summed E-state index contributed by atoms with van der Waals surface area (Å²) in [5, 5.41) is 12.5. The van der Waals surface area contributed by atoms with Crippen molar-refractivity contribution in [1.29, 1.82) is 0 Å². The van der Waals surface area contributed by atoms with Crippen LogP contribution in [0.15, 0.2) is 42.6 Å². The maximum Gasteiger partial charge on any atom is 0.308 e. The molecule has 3 rings (SSSR count). The van der Waals surface area contributed by atoms with Crippen molar-refractivity contribution in [2.75, 3.05) is 18.4 Å². The number of likely N-dealkylation sites (tertiary alicyclic amines) is 1. The van der Waals surface area contributed by atoms with E-state index in [1.165, 1.54) is 11.1 Å². The molecule has 7 nitrogen and oxygen atoms in total. The van der Waals surface area contributed by atoms with Crippen LogP contribution in [0.2, 0.25) is 5.02 Å². The van der Waals surface area contributed by atoms with Crippen LogP contribution >= 0.6 is 11.6 Å². The van der Waals surface area contributed by atoms with Crippen LogP contribution in [-0.4, -0.2) is 45.9 Å². The first-order chi connectivity index (χ1) is 13.3. The summed E-state index contributed by atoms with van der Waals surface area (Å²) >= 11 is 6.11. The summed E-state index contributed by atoms with van der Waals surface area (Å²) < 4.78 is 0. The minimum absolute atomic E-state index is 0.0370. The number of anilines is 1. The molecule has 2 atom stereocenters. The van der Waals surface area contributed by atoms with Crippen LogP contribution in [0, 0.1) is 18.8 Å². The van der Waals surface area contributed by atoms with E-state index in [0.717, 1.165) is 5.69 Å². The highest BCUT2D eigenvalue weighted by Gasteiger charge is 2.37. The molecule has 2 heterocycles. The largest absolute Gasteiger partial charge is 0.481 e. The Labute approximate surface area is 167 Å². The summed E-state index contributed by atoms with van der Waals surface area (Å²) in [6.07, 6.45) is 1.70. The number of nitrogens with zero attached hydrogens (tertiary/aromatic N) is 2. The van der Waals surface area contributed by atoms with Gasteiger partial charge in [0.15, 0.2) is 0 Å². The summed E-state index contributed by atoms with van der Waals surface area (Å²) in [5.41, 5.74) is 1.63. The highest BCUT2D eigenvalue weighted by molar-refractivity contribution is 6.33. The molecule has 2 N–H and O–H groups in total. The van der Waals surface area contributed by atoms with Gasteiger partial charge in [0.05, 0.1) is 34.3 Å². The van der Waals surface area contributed by atoms with Crippen molar-refractivity contribution < 1.29 is 19.5 Å². The maximum atomic E-state index is 12.9. The molecule has 2 amide bonds. The van der Waals surface area contributed by atoms with Crippen LogP contribution in [0.1, 0.15) is 22.5 Å². The quantitative estimate of drug-likeness (QED) is 0.820. The molecule has 28 heavy (non-hydrogen) atoms. The first-order valence-corrected chi connectivity index (χ1v) is 9.23. The Hall–Kier alpha value is -2.93. The molecule has 0 aliphatic carbocycles. The van der Waals surface area contributed by atoms with Gasteiger partial charge in [-0.05, 0) is 37.6 Å². The number of aromatic nitrogens is 1. The number of carbonyl (C=O) groups excluding carboxylic acids is 2. The Morgan fingerprint density at radius 2 is 1.86 bits per heavy atom. The number of hydrogen-bond donors (Lipinski definition) is 2.